The Labute approximate surface area is 202 Å². The summed E-state index contributed by atoms with van der Waals surface area (Å²) in [6, 6.07) is 15.4. The summed E-state index contributed by atoms with van der Waals surface area (Å²) in [4.78, 5) is 26.4. The molecule has 1 atom stereocenters. The Hall–Kier alpha value is -2.77. The standard InChI is InChI=1S/C25H26ClN3O3S/c1-15-7-5-10-18(11-15)29-24-21(23(27-29)25(2,3)4)22(16-8-6-9-17(26)12-16)33-14-19(30)28(24)13-20(31)32/h5-12,22H,13-14H2,1-4H3,(H,31,32). The Kier molecular flexibility index (Phi) is 6.29. The number of carboxylic acid groups (broad SMARTS) is 1. The van der Waals surface area contributed by atoms with Gasteiger partial charge in [-0.15, -0.1) is 11.8 Å². The van der Waals surface area contributed by atoms with Gasteiger partial charge in [-0.25, -0.2) is 4.68 Å². The van der Waals surface area contributed by atoms with Crippen molar-refractivity contribution in [1.29, 1.82) is 0 Å². The van der Waals surface area contributed by atoms with E-state index in [1.165, 1.54) is 16.7 Å². The smallest absolute Gasteiger partial charge is 0.323 e. The zero-order valence-electron chi connectivity index (χ0n) is 19.0. The maximum Gasteiger partial charge on any atom is 0.323 e. The molecule has 1 amide bonds. The topological polar surface area (TPSA) is 75.4 Å². The Morgan fingerprint density at radius 3 is 2.58 bits per heavy atom. The molecule has 0 radical (unpaired) electrons. The van der Waals surface area contributed by atoms with Crippen LogP contribution in [0.1, 0.15) is 48.4 Å². The Morgan fingerprint density at radius 1 is 1.21 bits per heavy atom. The van der Waals surface area contributed by atoms with Crippen molar-refractivity contribution in [2.75, 3.05) is 17.2 Å². The van der Waals surface area contributed by atoms with Crippen LogP contribution < -0.4 is 4.90 Å². The van der Waals surface area contributed by atoms with Crippen LogP contribution in [-0.2, 0) is 15.0 Å². The third-order valence-corrected chi connectivity index (χ3v) is 6.98. The van der Waals surface area contributed by atoms with Gasteiger partial charge < -0.3 is 5.11 Å². The number of benzene rings is 2. The maximum absolute atomic E-state index is 13.2. The number of anilines is 1. The van der Waals surface area contributed by atoms with Gasteiger partial charge in [-0.2, -0.15) is 5.10 Å². The zero-order valence-corrected chi connectivity index (χ0v) is 20.6. The van der Waals surface area contributed by atoms with Crippen LogP contribution in [0.25, 0.3) is 5.69 Å². The summed E-state index contributed by atoms with van der Waals surface area (Å²) in [6.45, 7) is 7.77. The molecule has 1 N–H and O–H groups in total. The minimum Gasteiger partial charge on any atom is -0.480 e. The van der Waals surface area contributed by atoms with E-state index in [1.807, 2.05) is 55.5 Å². The van der Waals surface area contributed by atoms with Crippen molar-refractivity contribution in [2.24, 2.45) is 0 Å². The molecule has 8 heteroatoms. The number of carbonyl (C=O) groups excluding carboxylic acids is 1. The highest BCUT2D eigenvalue weighted by atomic mass is 35.5. The quantitative estimate of drug-likeness (QED) is 0.538. The van der Waals surface area contributed by atoms with Crippen LogP contribution >= 0.6 is 23.4 Å². The van der Waals surface area contributed by atoms with Crippen molar-refractivity contribution in [2.45, 2.75) is 38.4 Å². The molecule has 1 aliphatic heterocycles. The number of carboxylic acids is 1. The second-order valence-electron chi connectivity index (χ2n) is 9.21. The van der Waals surface area contributed by atoms with Crippen LogP contribution in [0, 0.1) is 6.92 Å². The van der Waals surface area contributed by atoms with Crippen LogP contribution in [0.3, 0.4) is 0 Å². The van der Waals surface area contributed by atoms with Crippen molar-refractivity contribution >= 4 is 41.1 Å². The molecule has 4 rings (SSSR count). The molecule has 0 bridgehead atoms. The molecular weight excluding hydrogens is 458 g/mol. The summed E-state index contributed by atoms with van der Waals surface area (Å²) in [5.74, 6) is -0.679. The molecule has 172 valence electrons. The second kappa shape index (κ2) is 8.88. The monoisotopic (exact) mass is 483 g/mol. The molecule has 0 saturated carbocycles. The predicted octanol–water partition coefficient (Wildman–Crippen LogP) is 5.39. The second-order valence-corrected chi connectivity index (χ2v) is 10.7. The van der Waals surface area contributed by atoms with Crippen molar-refractivity contribution in [3.05, 3.63) is 75.9 Å². The first-order valence-corrected chi connectivity index (χ1v) is 12.1. The molecule has 0 fully saturated rings. The van der Waals surface area contributed by atoms with Gasteiger partial charge in [-0.05, 0) is 42.3 Å². The first-order valence-electron chi connectivity index (χ1n) is 10.7. The normalized spacial score (nSPS) is 16.5. The van der Waals surface area contributed by atoms with E-state index >= 15 is 0 Å². The van der Waals surface area contributed by atoms with E-state index in [2.05, 4.69) is 20.8 Å². The average molecular weight is 484 g/mol. The Balaban J connectivity index is 2.08. The van der Waals surface area contributed by atoms with Crippen LogP contribution in [-0.4, -0.2) is 39.1 Å². The van der Waals surface area contributed by atoms with Crippen molar-refractivity contribution in [3.63, 3.8) is 0 Å². The number of hydrogen-bond donors (Lipinski definition) is 1. The molecule has 1 aromatic heterocycles. The van der Waals surface area contributed by atoms with E-state index in [1.54, 1.807) is 4.68 Å². The van der Waals surface area contributed by atoms with Crippen LogP contribution in [0.4, 0.5) is 5.82 Å². The molecule has 1 aliphatic rings. The number of halogens is 1. The van der Waals surface area contributed by atoms with Crippen LogP contribution in [0.15, 0.2) is 48.5 Å². The first-order chi connectivity index (χ1) is 15.6. The predicted molar refractivity (Wildman–Crippen MR) is 133 cm³/mol. The number of thioether (sulfide) groups is 1. The van der Waals surface area contributed by atoms with Gasteiger partial charge in [0.05, 0.1) is 22.4 Å². The lowest BCUT2D eigenvalue weighted by Gasteiger charge is -2.24. The van der Waals surface area contributed by atoms with E-state index in [-0.39, 0.29) is 22.3 Å². The lowest BCUT2D eigenvalue weighted by atomic mass is 9.87. The number of hydrogen-bond acceptors (Lipinski definition) is 4. The average Bonchev–Trinajstić information content (AvgIpc) is 3.07. The highest BCUT2D eigenvalue weighted by Gasteiger charge is 2.39. The van der Waals surface area contributed by atoms with Crippen LogP contribution in [0.2, 0.25) is 5.02 Å². The number of carbonyl (C=O) groups is 2. The third kappa shape index (κ3) is 4.66. The molecule has 0 spiro atoms. The summed E-state index contributed by atoms with van der Waals surface area (Å²) >= 11 is 7.79. The highest BCUT2D eigenvalue weighted by Crippen LogP contribution is 2.48. The molecule has 0 saturated heterocycles. The van der Waals surface area contributed by atoms with Crippen molar-refractivity contribution in [1.82, 2.24) is 9.78 Å². The number of rotatable bonds is 4. The number of nitrogens with zero attached hydrogens (tertiary/aromatic N) is 3. The summed E-state index contributed by atoms with van der Waals surface area (Å²) in [5.41, 5.74) is 4.10. The van der Waals surface area contributed by atoms with Gasteiger partial charge in [-0.3, -0.25) is 14.5 Å². The lowest BCUT2D eigenvalue weighted by Crippen LogP contribution is -2.38. The Morgan fingerprint density at radius 2 is 1.94 bits per heavy atom. The third-order valence-electron chi connectivity index (χ3n) is 5.49. The summed E-state index contributed by atoms with van der Waals surface area (Å²) in [5, 5.41) is 15.0. The molecule has 0 aliphatic carbocycles. The van der Waals surface area contributed by atoms with Crippen molar-refractivity contribution < 1.29 is 14.7 Å². The van der Waals surface area contributed by atoms with E-state index in [4.69, 9.17) is 16.7 Å². The SMILES string of the molecule is Cc1cccc(-n2nc(C(C)(C)C)c3c2N(CC(=O)O)C(=O)CSC3c2cccc(Cl)c2)c1. The minimum absolute atomic E-state index is 0.149. The fraction of sp³-hybridized carbons (Fsp3) is 0.320. The van der Waals surface area contributed by atoms with E-state index < -0.39 is 12.5 Å². The van der Waals surface area contributed by atoms with Gasteiger partial charge in [-0.1, -0.05) is 56.6 Å². The maximum atomic E-state index is 13.2. The number of aryl methyl sites for hydroxylation is 1. The number of aromatic nitrogens is 2. The minimum atomic E-state index is -1.07. The van der Waals surface area contributed by atoms with Gasteiger partial charge in [0.2, 0.25) is 5.91 Å². The van der Waals surface area contributed by atoms with Crippen LogP contribution in [0.5, 0.6) is 0 Å². The van der Waals surface area contributed by atoms with Gasteiger partial charge in [0, 0.05) is 16.0 Å². The van der Waals surface area contributed by atoms with E-state index in [0.717, 1.165) is 28.1 Å². The van der Waals surface area contributed by atoms with Gasteiger partial charge in [0.15, 0.2) is 0 Å². The molecule has 3 aromatic rings. The van der Waals surface area contributed by atoms with E-state index in [9.17, 15) is 14.7 Å². The van der Waals surface area contributed by atoms with Gasteiger partial charge in [0.25, 0.3) is 0 Å². The fourth-order valence-corrected chi connectivity index (χ4v) is 5.47. The Bertz CT molecular complexity index is 1230. The summed E-state index contributed by atoms with van der Waals surface area (Å²) in [7, 11) is 0. The van der Waals surface area contributed by atoms with E-state index in [0.29, 0.717) is 10.8 Å². The largest absolute Gasteiger partial charge is 0.480 e. The summed E-state index contributed by atoms with van der Waals surface area (Å²) < 4.78 is 1.73. The van der Waals surface area contributed by atoms with Crippen molar-refractivity contribution in [3.8, 4) is 5.69 Å². The molecule has 2 heterocycles. The molecule has 6 nitrogen and oxygen atoms in total. The molecule has 2 aromatic carbocycles. The fourth-order valence-electron chi connectivity index (χ4n) is 4.08. The van der Waals surface area contributed by atoms with Gasteiger partial charge in [0.1, 0.15) is 12.4 Å². The molecule has 33 heavy (non-hydrogen) atoms. The number of amides is 1. The number of fused-ring (bicyclic) bond motifs is 1. The zero-order chi connectivity index (χ0) is 23.9. The summed E-state index contributed by atoms with van der Waals surface area (Å²) in [6.07, 6.45) is 0. The number of aliphatic carboxylic acids is 1. The highest BCUT2D eigenvalue weighted by molar-refractivity contribution is 8.00. The first kappa shape index (κ1) is 23.4. The lowest BCUT2D eigenvalue weighted by molar-refractivity contribution is -0.136. The molecule has 1 unspecified atom stereocenters. The molecular formula is C25H26ClN3O3S. The van der Waals surface area contributed by atoms with Gasteiger partial charge >= 0.3 is 5.97 Å².